The van der Waals surface area contributed by atoms with Gasteiger partial charge in [0.15, 0.2) is 0 Å². The SMILES string of the molecule is CC(C)n1nnc(-c2ccc(C(=O)N3CCC(O)(c4ccc(Cl)cc4)CC3)cc2)n1. The lowest BCUT2D eigenvalue weighted by Crippen LogP contribution is -2.45. The number of rotatable bonds is 4. The fraction of sp³-hybridized carbons (Fsp3) is 0.364. The van der Waals surface area contributed by atoms with Crippen molar-refractivity contribution in [3.05, 3.63) is 64.7 Å². The molecule has 156 valence electrons. The molecular weight excluding hydrogens is 402 g/mol. The van der Waals surface area contributed by atoms with E-state index in [1.54, 1.807) is 34.0 Å². The maximum absolute atomic E-state index is 12.9. The van der Waals surface area contributed by atoms with E-state index in [0.29, 0.717) is 42.3 Å². The highest BCUT2D eigenvalue weighted by Crippen LogP contribution is 2.34. The summed E-state index contributed by atoms with van der Waals surface area (Å²) in [7, 11) is 0. The van der Waals surface area contributed by atoms with Gasteiger partial charge in [-0.25, -0.2) is 0 Å². The molecule has 3 aromatic rings. The molecule has 0 bridgehead atoms. The number of hydrogen-bond donors (Lipinski definition) is 1. The van der Waals surface area contributed by atoms with Crippen LogP contribution < -0.4 is 0 Å². The van der Waals surface area contributed by atoms with Crippen LogP contribution in [0.25, 0.3) is 11.4 Å². The first-order valence-corrected chi connectivity index (χ1v) is 10.4. The van der Waals surface area contributed by atoms with Crippen molar-refractivity contribution in [2.75, 3.05) is 13.1 Å². The summed E-state index contributed by atoms with van der Waals surface area (Å²) in [6.07, 6.45) is 0.974. The zero-order valence-electron chi connectivity index (χ0n) is 17.0. The Morgan fingerprint density at radius 2 is 1.70 bits per heavy atom. The van der Waals surface area contributed by atoms with Crippen molar-refractivity contribution < 1.29 is 9.90 Å². The predicted molar refractivity (Wildman–Crippen MR) is 114 cm³/mol. The van der Waals surface area contributed by atoms with Crippen LogP contribution in [0, 0.1) is 0 Å². The van der Waals surface area contributed by atoms with Crippen LogP contribution in [0.1, 0.15) is 48.7 Å². The van der Waals surface area contributed by atoms with Gasteiger partial charge in [-0.3, -0.25) is 4.79 Å². The first kappa shape index (κ1) is 20.5. The molecule has 0 atom stereocenters. The summed E-state index contributed by atoms with van der Waals surface area (Å²) in [5.74, 6) is 0.493. The number of tetrazole rings is 1. The number of amides is 1. The Morgan fingerprint density at radius 3 is 2.27 bits per heavy atom. The fourth-order valence-corrected chi connectivity index (χ4v) is 3.76. The van der Waals surface area contributed by atoms with Gasteiger partial charge in [-0.05, 0) is 61.7 Å². The molecule has 2 heterocycles. The number of piperidine rings is 1. The molecule has 0 aliphatic carbocycles. The van der Waals surface area contributed by atoms with E-state index in [9.17, 15) is 9.90 Å². The van der Waals surface area contributed by atoms with Crippen LogP contribution in [0.3, 0.4) is 0 Å². The smallest absolute Gasteiger partial charge is 0.253 e. The van der Waals surface area contributed by atoms with Crippen molar-refractivity contribution >= 4 is 17.5 Å². The van der Waals surface area contributed by atoms with Crippen LogP contribution in [0.5, 0.6) is 0 Å². The number of halogens is 1. The van der Waals surface area contributed by atoms with Gasteiger partial charge in [0.25, 0.3) is 5.91 Å². The van der Waals surface area contributed by atoms with Crippen molar-refractivity contribution in [1.29, 1.82) is 0 Å². The Hall–Kier alpha value is -2.77. The Kier molecular flexibility index (Phi) is 5.58. The molecule has 1 aliphatic heterocycles. The van der Waals surface area contributed by atoms with E-state index < -0.39 is 5.60 Å². The molecule has 1 N–H and O–H groups in total. The van der Waals surface area contributed by atoms with Crippen molar-refractivity contribution in [2.45, 2.75) is 38.3 Å². The molecule has 0 spiro atoms. The van der Waals surface area contributed by atoms with Crippen molar-refractivity contribution in [1.82, 2.24) is 25.1 Å². The summed E-state index contributed by atoms with van der Waals surface area (Å²) in [5, 5.41) is 24.1. The van der Waals surface area contributed by atoms with Crippen LogP contribution >= 0.6 is 11.6 Å². The second kappa shape index (κ2) is 8.16. The largest absolute Gasteiger partial charge is 0.385 e. The number of hydrogen-bond acceptors (Lipinski definition) is 5. The third-order valence-corrected chi connectivity index (χ3v) is 5.79. The maximum Gasteiger partial charge on any atom is 0.253 e. The number of benzene rings is 2. The molecular formula is C22H24ClN5O2. The highest BCUT2D eigenvalue weighted by Gasteiger charge is 2.35. The summed E-state index contributed by atoms with van der Waals surface area (Å²) in [4.78, 5) is 16.3. The van der Waals surface area contributed by atoms with E-state index in [2.05, 4.69) is 15.4 Å². The number of nitrogens with zero attached hydrogens (tertiary/aromatic N) is 5. The molecule has 0 saturated carbocycles. The zero-order chi connectivity index (χ0) is 21.3. The van der Waals surface area contributed by atoms with E-state index in [1.165, 1.54) is 0 Å². The van der Waals surface area contributed by atoms with E-state index in [4.69, 9.17) is 11.6 Å². The van der Waals surface area contributed by atoms with Gasteiger partial charge in [0.2, 0.25) is 5.82 Å². The lowest BCUT2D eigenvalue weighted by molar-refractivity contribution is -0.0211. The van der Waals surface area contributed by atoms with Gasteiger partial charge < -0.3 is 10.0 Å². The lowest BCUT2D eigenvalue weighted by Gasteiger charge is -2.38. The molecule has 1 aromatic heterocycles. The highest BCUT2D eigenvalue weighted by molar-refractivity contribution is 6.30. The molecule has 2 aromatic carbocycles. The van der Waals surface area contributed by atoms with Crippen LogP contribution in [0.2, 0.25) is 5.02 Å². The van der Waals surface area contributed by atoms with Gasteiger partial charge in [-0.1, -0.05) is 35.9 Å². The molecule has 1 aliphatic rings. The standard InChI is InChI=1S/C22H24ClN5O2/c1-15(2)28-25-20(24-26-28)16-3-5-17(6-4-16)21(29)27-13-11-22(30,12-14-27)18-7-9-19(23)10-8-18/h3-10,15,30H,11-14H2,1-2H3. The molecule has 1 saturated heterocycles. The van der Waals surface area contributed by atoms with Gasteiger partial charge in [0.05, 0.1) is 11.6 Å². The van der Waals surface area contributed by atoms with Crippen LogP contribution in [-0.2, 0) is 5.60 Å². The average molecular weight is 426 g/mol. The van der Waals surface area contributed by atoms with Crippen LogP contribution in [0.15, 0.2) is 48.5 Å². The number of aromatic nitrogens is 4. The first-order chi connectivity index (χ1) is 14.4. The second-order valence-electron chi connectivity index (χ2n) is 7.94. The van der Waals surface area contributed by atoms with E-state index in [0.717, 1.165) is 11.1 Å². The third kappa shape index (κ3) is 4.08. The minimum Gasteiger partial charge on any atom is -0.385 e. The molecule has 4 rings (SSSR count). The Balaban J connectivity index is 1.42. The van der Waals surface area contributed by atoms with E-state index >= 15 is 0 Å². The number of aliphatic hydroxyl groups is 1. The molecule has 1 fully saturated rings. The number of carbonyl (C=O) groups excluding carboxylic acids is 1. The molecule has 7 nitrogen and oxygen atoms in total. The summed E-state index contributed by atoms with van der Waals surface area (Å²) in [5.41, 5.74) is 1.32. The van der Waals surface area contributed by atoms with Gasteiger partial charge in [-0.2, -0.15) is 4.80 Å². The van der Waals surface area contributed by atoms with Crippen molar-refractivity contribution in [2.24, 2.45) is 0 Å². The minimum atomic E-state index is -0.931. The Labute approximate surface area is 180 Å². The fourth-order valence-electron chi connectivity index (χ4n) is 3.63. The predicted octanol–water partition coefficient (Wildman–Crippen LogP) is 3.70. The Morgan fingerprint density at radius 1 is 1.07 bits per heavy atom. The minimum absolute atomic E-state index is 0.0431. The third-order valence-electron chi connectivity index (χ3n) is 5.54. The van der Waals surface area contributed by atoms with Gasteiger partial charge in [0.1, 0.15) is 0 Å². The Bertz CT molecular complexity index is 1020. The van der Waals surface area contributed by atoms with Crippen molar-refractivity contribution in [3.63, 3.8) is 0 Å². The quantitative estimate of drug-likeness (QED) is 0.689. The van der Waals surface area contributed by atoms with Crippen molar-refractivity contribution in [3.8, 4) is 11.4 Å². The zero-order valence-corrected chi connectivity index (χ0v) is 17.8. The summed E-state index contributed by atoms with van der Waals surface area (Å²) < 4.78 is 0. The maximum atomic E-state index is 12.9. The van der Waals surface area contributed by atoms with Gasteiger partial charge in [-0.15, -0.1) is 10.2 Å². The molecule has 0 unspecified atom stereocenters. The number of carbonyl (C=O) groups is 1. The lowest BCUT2D eigenvalue weighted by atomic mass is 9.84. The summed E-state index contributed by atoms with van der Waals surface area (Å²) >= 11 is 5.95. The molecule has 30 heavy (non-hydrogen) atoms. The number of likely N-dealkylation sites (tertiary alicyclic amines) is 1. The molecule has 1 amide bonds. The van der Waals surface area contributed by atoms with Gasteiger partial charge in [0, 0.05) is 29.2 Å². The molecule has 0 radical (unpaired) electrons. The van der Waals surface area contributed by atoms with Crippen LogP contribution in [0.4, 0.5) is 0 Å². The first-order valence-electron chi connectivity index (χ1n) is 10.0. The second-order valence-corrected chi connectivity index (χ2v) is 8.37. The normalized spacial score (nSPS) is 16.1. The van der Waals surface area contributed by atoms with Gasteiger partial charge >= 0.3 is 0 Å². The van der Waals surface area contributed by atoms with E-state index in [-0.39, 0.29) is 11.9 Å². The topological polar surface area (TPSA) is 84.1 Å². The van der Waals surface area contributed by atoms with Crippen LogP contribution in [-0.4, -0.2) is 49.2 Å². The monoisotopic (exact) mass is 425 g/mol. The molecule has 8 heteroatoms. The van der Waals surface area contributed by atoms with E-state index in [1.807, 2.05) is 38.1 Å². The summed E-state index contributed by atoms with van der Waals surface area (Å²) in [6.45, 7) is 4.95. The average Bonchev–Trinajstić information content (AvgIpc) is 3.25. The highest BCUT2D eigenvalue weighted by atomic mass is 35.5. The summed E-state index contributed by atoms with van der Waals surface area (Å²) in [6, 6.07) is 14.6.